The zero-order valence-corrected chi connectivity index (χ0v) is 17.5. The van der Waals surface area contributed by atoms with Gasteiger partial charge in [-0.2, -0.15) is 0 Å². The Balaban J connectivity index is 1.77. The number of fused-ring (bicyclic) bond motifs is 1. The van der Waals surface area contributed by atoms with Crippen LogP contribution in [0.2, 0.25) is 0 Å². The van der Waals surface area contributed by atoms with E-state index >= 15 is 0 Å². The number of hydrogen-bond donors (Lipinski definition) is 0. The normalized spacial score (nSPS) is 12.1. The average Bonchev–Trinajstić information content (AvgIpc) is 3.15. The van der Waals surface area contributed by atoms with E-state index in [1.165, 1.54) is 46.0 Å². The lowest BCUT2D eigenvalue weighted by Gasteiger charge is -2.23. The maximum atomic E-state index is 13.4. The molecule has 4 aromatic rings. The van der Waals surface area contributed by atoms with E-state index in [1.807, 2.05) is 24.3 Å². The SMILES string of the molecule is O=S(=O)(c1ccccc1)N(Cc1cccc(OC(F)(F)F)c1)c1cc2ccccc2s1. The molecule has 0 saturated heterocycles. The molecule has 0 aliphatic carbocycles. The van der Waals surface area contributed by atoms with E-state index in [9.17, 15) is 21.6 Å². The molecule has 3 aromatic carbocycles. The van der Waals surface area contributed by atoms with Crippen molar-refractivity contribution in [2.45, 2.75) is 17.8 Å². The minimum atomic E-state index is -4.83. The number of halogens is 3. The van der Waals surface area contributed by atoms with Crippen LogP contribution in [0.25, 0.3) is 10.1 Å². The van der Waals surface area contributed by atoms with Crippen molar-refractivity contribution in [1.29, 1.82) is 0 Å². The van der Waals surface area contributed by atoms with Crippen LogP contribution in [0.4, 0.5) is 18.2 Å². The van der Waals surface area contributed by atoms with Gasteiger partial charge in [-0.05, 0) is 47.3 Å². The summed E-state index contributed by atoms with van der Waals surface area (Å²) in [4.78, 5) is 0.0927. The number of benzene rings is 3. The van der Waals surface area contributed by atoms with Crippen molar-refractivity contribution < 1.29 is 26.3 Å². The van der Waals surface area contributed by atoms with Gasteiger partial charge in [-0.15, -0.1) is 24.5 Å². The smallest absolute Gasteiger partial charge is 0.406 e. The molecule has 0 saturated carbocycles. The number of ether oxygens (including phenoxy) is 1. The molecule has 4 nitrogen and oxygen atoms in total. The van der Waals surface area contributed by atoms with E-state index in [0.29, 0.717) is 10.6 Å². The molecule has 0 unspecified atom stereocenters. The number of anilines is 1. The van der Waals surface area contributed by atoms with Gasteiger partial charge in [-0.1, -0.05) is 48.5 Å². The number of nitrogens with zero attached hydrogens (tertiary/aromatic N) is 1. The Morgan fingerprint density at radius 3 is 2.29 bits per heavy atom. The maximum Gasteiger partial charge on any atom is 0.573 e. The minimum Gasteiger partial charge on any atom is -0.406 e. The fourth-order valence-electron chi connectivity index (χ4n) is 3.10. The van der Waals surface area contributed by atoms with Gasteiger partial charge in [0.1, 0.15) is 10.8 Å². The average molecular weight is 464 g/mol. The molecule has 160 valence electrons. The van der Waals surface area contributed by atoms with Gasteiger partial charge < -0.3 is 4.74 Å². The molecule has 1 heterocycles. The van der Waals surface area contributed by atoms with Gasteiger partial charge in [0.05, 0.1) is 11.4 Å². The number of hydrogen-bond acceptors (Lipinski definition) is 4. The van der Waals surface area contributed by atoms with Crippen LogP contribution < -0.4 is 9.04 Å². The summed E-state index contributed by atoms with van der Waals surface area (Å²) in [6, 6.07) is 22.5. The molecule has 0 aliphatic heterocycles. The fourth-order valence-corrected chi connectivity index (χ4v) is 5.84. The molecule has 0 N–H and O–H groups in total. The van der Waals surface area contributed by atoms with Gasteiger partial charge in [-0.3, -0.25) is 4.31 Å². The highest BCUT2D eigenvalue weighted by atomic mass is 32.2. The Hall–Kier alpha value is -3.04. The van der Waals surface area contributed by atoms with Crippen LogP contribution in [0.5, 0.6) is 5.75 Å². The standard InChI is InChI=1S/C22H16F3NO3S2/c23-22(24,25)29-18-9-6-7-16(13-18)15-26(31(27,28)19-10-2-1-3-11-19)21-14-17-8-4-5-12-20(17)30-21/h1-14H,15H2. The molecule has 0 amide bonds. The quantitative estimate of drug-likeness (QED) is 0.342. The van der Waals surface area contributed by atoms with Crippen molar-refractivity contribution >= 4 is 36.4 Å². The highest BCUT2D eigenvalue weighted by Crippen LogP contribution is 2.36. The molecule has 0 fully saturated rings. The highest BCUT2D eigenvalue weighted by Gasteiger charge is 2.31. The fraction of sp³-hybridized carbons (Fsp3) is 0.0909. The molecule has 0 aliphatic rings. The molecule has 0 spiro atoms. The van der Waals surface area contributed by atoms with Crippen molar-refractivity contribution in [1.82, 2.24) is 0 Å². The Morgan fingerprint density at radius 2 is 1.58 bits per heavy atom. The van der Waals surface area contributed by atoms with E-state index in [1.54, 1.807) is 30.3 Å². The second-order valence-corrected chi connectivity index (χ2v) is 9.57. The van der Waals surface area contributed by atoms with Crippen molar-refractivity contribution in [3.05, 3.63) is 90.5 Å². The molecule has 0 bridgehead atoms. The Kier molecular flexibility index (Phi) is 5.63. The summed E-state index contributed by atoms with van der Waals surface area (Å²) >= 11 is 1.30. The third-order valence-corrected chi connectivity index (χ3v) is 7.48. The molecule has 0 radical (unpaired) electrons. The summed E-state index contributed by atoms with van der Waals surface area (Å²) in [6.07, 6.45) is -4.83. The highest BCUT2D eigenvalue weighted by molar-refractivity contribution is 7.93. The van der Waals surface area contributed by atoms with E-state index in [2.05, 4.69) is 4.74 Å². The maximum absolute atomic E-state index is 13.4. The number of rotatable bonds is 6. The van der Waals surface area contributed by atoms with Gasteiger partial charge >= 0.3 is 6.36 Å². The first-order valence-electron chi connectivity index (χ1n) is 9.13. The number of alkyl halides is 3. The van der Waals surface area contributed by atoms with Gasteiger partial charge in [0.2, 0.25) is 0 Å². The van der Waals surface area contributed by atoms with Crippen molar-refractivity contribution in [2.75, 3.05) is 4.31 Å². The van der Waals surface area contributed by atoms with Gasteiger partial charge in [-0.25, -0.2) is 8.42 Å². The van der Waals surface area contributed by atoms with Crippen LogP contribution in [0.3, 0.4) is 0 Å². The third-order valence-electron chi connectivity index (χ3n) is 4.45. The molecular weight excluding hydrogens is 447 g/mol. The molecule has 1 aromatic heterocycles. The Morgan fingerprint density at radius 1 is 0.871 bits per heavy atom. The summed E-state index contributed by atoms with van der Waals surface area (Å²) in [5.41, 5.74) is 0.360. The topological polar surface area (TPSA) is 46.6 Å². The van der Waals surface area contributed by atoms with E-state index in [4.69, 9.17) is 0 Å². The van der Waals surface area contributed by atoms with Crippen LogP contribution >= 0.6 is 11.3 Å². The number of sulfonamides is 1. The zero-order chi connectivity index (χ0) is 22.1. The van der Waals surface area contributed by atoms with Crippen LogP contribution in [0, 0.1) is 0 Å². The van der Waals surface area contributed by atoms with Crippen LogP contribution in [-0.2, 0) is 16.6 Å². The van der Waals surface area contributed by atoms with Gasteiger partial charge in [0.25, 0.3) is 10.0 Å². The second-order valence-electron chi connectivity index (χ2n) is 6.64. The first kappa shape index (κ1) is 21.2. The van der Waals surface area contributed by atoms with E-state index < -0.39 is 22.1 Å². The molecule has 4 rings (SSSR count). The lowest BCUT2D eigenvalue weighted by atomic mass is 10.2. The van der Waals surface area contributed by atoms with Crippen molar-refractivity contribution in [2.24, 2.45) is 0 Å². The predicted octanol–water partition coefficient (Wildman–Crippen LogP) is 6.20. The minimum absolute atomic E-state index is 0.0927. The molecular formula is C22H16F3NO3S2. The van der Waals surface area contributed by atoms with Crippen LogP contribution in [0.15, 0.2) is 89.8 Å². The molecule has 0 atom stereocenters. The summed E-state index contributed by atoms with van der Waals surface area (Å²) in [6.45, 7) is -0.154. The van der Waals surface area contributed by atoms with Gasteiger partial charge in [0.15, 0.2) is 0 Å². The third kappa shape index (κ3) is 4.83. The first-order valence-corrected chi connectivity index (χ1v) is 11.4. The molecule has 31 heavy (non-hydrogen) atoms. The Bertz CT molecular complexity index is 1270. The van der Waals surface area contributed by atoms with Crippen LogP contribution in [0.1, 0.15) is 5.56 Å². The summed E-state index contributed by atoms with van der Waals surface area (Å²) in [7, 11) is -3.97. The first-order chi connectivity index (χ1) is 14.7. The zero-order valence-electron chi connectivity index (χ0n) is 15.9. The Labute approximate surface area is 181 Å². The lowest BCUT2D eigenvalue weighted by molar-refractivity contribution is -0.274. The van der Waals surface area contributed by atoms with Gasteiger partial charge in [0, 0.05) is 4.70 Å². The largest absolute Gasteiger partial charge is 0.573 e. The lowest BCUT2D eigenvalue weighted by Crippen LogP contribution is -2.30. The summed E-state index contributed by atoms with van der Waals surface area (Å²) in [5, 5.41) is 1.34. The number of thiophene rings is 1. The van der Waals surface area contributed by atoms with E-state index in [-0.39, 0.29) is 11.4 Å². The van der Waals surface area contributed by atoms with Crippen molar-refractivity contribution in [3.8, 4) is 5.75 Å². The second kappa shape index (κ2) is 8.24. The monoisotopic (exact) mass is 463 g/mol. The molecule has 9 heteroatoms. The van der Waals surface area contributed by atoms with Crippen molar-refractivity contribution in [3.63, 3.8) is 0 Å². The predicted molar refractivity (Wildman–Crippen MR) is 115 cm³/mol. The van der Waals surface area contributed by atoms with Crippen LogP contribution in [-0.4, -0.2) is 14.8 Å². The summed E-state index contributed by atoms with van der Waals surface area (Å²) < 4.78 is 70.8. The summed E-state index contributed by atoms with van der Waals surface area (Å²) in [5.74, 6) is -0.404. The van der Waals surface area contributed by atoms with E-state index in [0.717, 1.165) is 10.1 Å².